The highest BCUT2D eigenvalue weighted by Gasteiger charge is 2.34. The van der Waals surface area contributed by atoms with E-state index in [0.29, 0.717) is 43.2 Å². The lowest BCUT2D eigenvalue weighted by molar-refractivity contribution is -0.136. The van der Waals surface area contributed by atoms with E-state index >= 15 is 0 Å². The Bertz CT molecular complexity index is 1620. The highest BCUT2D eigenvalue weighted by molar-refractivity contribution is 7.92. The molecule has 0 bridgehead atoms. The molecule has 0 unspecified atom stereocenters. The minimum Gasteiger partial charge on any atom is -0.379 e. The third kappa shape index (κ3) is 6.22. The largest absolute Gasteiger partial charge is 0.418 e. The van der Waals surface area contributed by atoms with Gasteiger partial charge in [0.05, 0.1) is 39.6 Å². The minimum absolute atomic E-state index is 0.00456. The zero-order valence-corrected chi connectivity index (χ0v) is 23.7. The van der Waals surface area contributed by atoms with E-state index in [1.54, 1.807) is 36.4 Å². The third-order valence-electron chi connectivity index (χ3n) is 6.81. The predicted molar refractivity (Wildman–Crippen MR) is 152 cm³/mol. The van der Waals surface area contributed by atoms with Crippen LogP contribution in [-0.4, -0.2) is 70.6 Å². The van der Waals surface area contributed by atoms with Crippen molar-refractivity contribution >= 4 is 48.3 Å². The standard InChI is InChI=1S/C28H27F3N4O4S2/c1-33(21-6-3-2-4-7-21)41(37,38)22-12-10-20(11-13-22)26(36)35(15-14-34-16-18-39-19-17-34)27-32-25-23(28(29,30)31)8-5-9-24(25)40-27/h2-13H,14-19H2,1H3. The van der Waals surface area contributed by atoms with Crippen LogP contribution in [0.3, 0.4) is 0 Å². The predicted octanol–water partition coefficient (Wildman–Crippen LogP) is 5.12. The van der Waals surface area contributed by atoms with E-state index in [9.17, 15) is 26.4 Å². The molecule has 2 heterocycles. The van der Waals surface area contributed by atoms with Crippen LogP contribution in [0.5, 0.6) is 0 Å². The number of hydrogen-bond donors (Lipinski definition) is 0. The van der Waals surface area contributed by atoms with E-state index in [0.717, 1.165) is 21.7 Å². The molecule has 0 aliphatic carbocycles. The van der Waals surface area contributed by atoms with Gasteiger partial charge in [0.25, 0.3) is 15.9 Å². The van der Waals surface area contributed by atoms with Crippen molar-refractivity contribution < 1.29 is 31.1 Å². The SMILES string of the molecule is CN(c1ccccc1)S(=O)(=O)c1ccc(C(=O)N(CCN2CCOCC2)c2nc3c(C(F)(F)F)cccc3s2)cc1. The number of benzene rings is 3. The highest BCUT2D eigenvalue weighted by Crippen LogP contribution is 2.38. The average molecular weight is 605 g/mol. The van der Waals surface area contributed by atoms with Gasteiger partial charge >= 0.3 is 6.18 Å². The summed E-state index contributed by atoms with van der Waals surface area (Å²) in [5, 5.41) is 0.135. The van der Waals surface area contributed by atoms with Gasteiger partial charge in [-0.05, 0) is 48.5 Å². The maximum atomic E-state index is 13.8. The van der Waals surface area contributed by atoms with E-state index in [1.807, 2.05) is 0 Å². The van der Waals surface area contributed by atoms with Crippen molar-refractivity contribution in [3.05, 3.63) is 83.9 Å². The molecule has 4 aromatic rings. The smallest absolute Gasteiger partial charge is 0.379 e. The number of thiazole rings is 1. The number of carbonyl (C=O) groups excluding carboxylic acids is 1. The zero-order valence-electron chi connectivity index (χ0n) is 22.0. The van der Waals surface area contributed by atoms with Gasteiger partial charge in [0.2, 0.25) is 0 Å². The summed E-state index contributed by atoms with van der Waals surface area (Å²) in [4.78, 5) is 21.5. The van der Waals surface area contributed by atoms with Crippen LogP contribution in [0.4, 0.5) is 24.0 Å². The van der Waals surface area contributed by atoms with Gasteiger partial charge in [-0.2, -0.15) is 13.2 Å². The van der Waals surface area contributed by atoms with E-state index in [2.05, 4.69) is 9.88 Å². The minimum atomic E-state index is -4.60. The number of sulfonamides is 1. The van der Waals surface area contributed by atoms with Gasteiger partial charge in [-0.3, -0.25) is 18.9 Å². The molecular weight excluding hydrogens is 577 g/mol. The number of ether oxygens (including phenoxy) is 1. The molecule has 1 saturated heterocycles. The molecule has 8 nitrogen and oxygen atoms in total. The van der Waals surface area contributed by atoms with Crippen molar-refractivity contribution in [2.24, 2.45) is 0 Å². The topological polar surface area (TPSA) is 83.1 Å². The number of fused-ring (bicyclic) bond motifs is 1. The zero-order chi connectivity index (χ0) is 29.2. The van der Waals surface area contributed by atoms with Crippen molar-refractivity contribution in [2.75, 3.05) is 55.6 Å². The molecule has 1 aliphatic heterocycles. The Hall–Kier alpha value is -3.52. The lowest BCUT2D eigenvalue weighted by Gasteiger charge is -2.29. The first-order valence-electron chi connectivity index (χ1n) is 12.8. The first-order valence-corrected chi connectivity index (χ1v) is 15.0. The van der Waals surface area contributed by atoms with Crippen molar-refractivity contribution in [2.45, 2.75) is 11.1 Å². The molecule has 5 rings (SSSR count). The summed E-state index contributed by atoms with van der Waals surface area (Å²) in [6.45, 7) is 3.08. The molecule has 1 aliphatic rings. The maximum absolute atomic E-state index is 13.8. The number of hydrogen-bond acceptors (Lipinski definition) is 7. The van der Waals surface area contributed by atoms with Crippen LogP contribution in [0, 0.1) is 0 Å². The summed E-state index contributed by atoms with van der Waals surface area (Å²) >= 11 is 1.00. The average Bonchev–Trinajstić information content (AvgIpc) is 3.41. The van der Waals surface area contributed by atoms with Gasteiger partial charge in [0.1, 0.15) is 0 Å². The van der Waals surface area contributed by atoms with Crippen molar-refractivity contribution in [3.63, 3.8) is 0 Å². The summed E-state index contributed by atoms with van der Waals surface area (Å²) < 4.78 is 74.2. The molecule has 1 aromatic heterocycles. The molecule has 13 heteroatoms. The number of morpholine rings is 1. The number of halogens is 3. The van der Waals surface area contributed by atoms with Crippen LogP contribution >= 0.6 is 11.3 Å². The fourth-order valence-corrected chi connectivity index (χ4v) is 6.70. The van der Waals surface area contributed by atoms with E-state index in [-0.39, 0.29) is 27.7 Å². The number of rotatable bonds is 8. The summed E-state index contributed by atoms with van der Waals surface area (Å²) in [5.41, 5.74) is -0.413. The Kier molecular flexibility index (Phi) is 8.32. The highest BCUT2D eigenvalue weighted by atomic mass is 32.2. The lowest BCUT2D eigenvalue weighted by Crippen LogP contribution is -2.43. The molecule has 3 aromatic carbocycles. The second-order valence-electron chi connectivity index (χ2n) is 9.39. The number of aromatic nitrogens is 1. The van der Waals surface area contributed by atoms with Gasteiger partial charge in [-0.25, -0.2) is 13.4 Å². The molecule has 0 atom stereocenters. The number of carbonyl (C=O) groups is 1. The van der Waals surface area contributed by atoms with Crippen LogP contribution < -0.4 is 9.21 Å². The van der Waals surface area contributed by atoms with Crippen LogP contribution in [0.15, 0.2) is 77.7 Å². The third-order valence-corrected chi connectivity index (χ3v) is 9.66. The van der Waals surface area contributed by atoms with Crippen LogP contribution in [-0.2, 0) is 20.9 Å². The second-order valence-corrected chi connectivity index (χ2v) is 12.4. The summed E-state index contributed by atoms with van der Waals surface area (Å²) in [6, 6.07) is 17.9. The first-order chi connectivity index (χ1) is 19.6. The molecule has 41 heavy (non-hydrogen) atoms. The fraction of sp³-hybridized carbons (Fsp3) is 0.286. The Balaban J connectivity index is 1.45. The molecule has 216 valence electrons. The number of nitrogens with zero attached hydrogens (tertiary/aromatic N) is 4. The first kappa shape index (κ1) is 29.0. The normalized spacial score (nSPS) is 14.7. The van der Waals surface area contributed by atoms with Crippen LogP contribution in [0.2, 0.25) is 0 Å². The van der Waals surface area contributed by atoms with Gasteiger partial charge in [0.15, 0.2) is 5.13 Å². The number of amides is 1. The maximum Gasteiger partial charge on any atom is 0.418 e. The van der Waals surface area contributed by atoms with Crippen molar-refractivity contribution in [3.8, 4) is 0 Å². The Morgan fingerprint density at radius 1 is 1.00 bits per heavy atom. The molecule has 0 radical (unpaired) electrons. The molecule has 0 N–H and O–H groups in total. The number of anilines is 2. The van der Waals surface area contributed by atoms with Gasteiger partial charge in [0, 0.05) is 38.8 Å². The summed E-state index contributed by atoms with van der Waals surface area (Å²) in [5.74, 6) is -0.494. The second kappa shape index (κ2) is 11.8. The van der Waals surface area contributed by atoms with Gasteiger partial charge < -0.3 is 4.74 Å². The molecule has 1 fully saturated rings. The molecule has 1 amide bonds. The Morgan fingerprint density at radius 3 is 2.34 bits per heavy atom. The molecule has 0 saturated carbocycles. The Labute approximate surface area is 239 Å². The Morgan fingerprint density at radius 2 is 1.68 bits per heavy atom. The number of para-hydroxylation sites is 2. The summed E-state index contributed by atoms with van der Waals surface area (Å²) in [6.07, 6.45) is -4.60. The molecular formula is C28H27F3N4O4S2. The van der Waals surface area contributed by atoms with Crippen LogP contribution in [0.25, 0.3) is 10.2 Å². The monoisotopic (exact) mass is 604 g/mol. The molecule has 0 spiro atoms. The van der Waals surface area contributed by atoms with Crippen LogP contribution in [0.1, 0.15) is 15.9 Å². The fourth-order valence-electron chi connectivity index (χ4n) is 4.49. The van der Waals surface area contributed by atoms with Gasteiger partial charge in [-0.15, -0.1) is 0 Å². The lowest BCUT2D eigenvalue weighted by atomic mass is 10.2. The van der Waals surface area contributed by atoms with Crippen molar-refractivity contribution in [1.82, 2.24) is 9.88 Å². The number of alkyl halides is 3. The van der Waals surface area contributed by atoms with Crippen molar-refractivity contribution in [1.29, 1.82) is 0 Å². The van der Waals surface area contributed by atoms with Gasteiger partial charge in [-0.1, -0.05) is 35.6 Å². The van der Waals surface area contributed by atoms with E-state index in [4.69, 9.17) is 4.74 Å². The van der Waals surface area contributed by atoms with E-state index in [1.165, 1.54) is 42.3 Å². The quantitative estimate of drug-likeness (QED) is 0.278. The summed E-state index contributed by atoms with van der Waals surface area (Å²) in [7, 11) is -2.45. The van der Waals surface area contributed by atoms with E-state index < -0.39 is 27.7 Å².